The zero-order valence-electron chi connectivity index (χ0n) is 29.5. The SMILES string of the molecule is C=C(F)C(=O)OC(OCC(F)(F)S(=O)(=O)[O-])(C(=O)Cc1ccc(C)cc1)C(F)(F)F.C=C(F)C(=O)OC(OCC(F)(F)S(=O)(=O)[O-])(C(=O)NCc1ccccc1)C(F)(F)F. The number of carbonyl (C=O) groups excluding carboxylic acids is 4. The topological polar surface area (TPSA) is 232 Å². The Balaban J connectivity index is 0.000000600. The van der Waals surface area contributed by atoms with Gasteiger partial charge in [0.15, 0.2) is 20.2 Å². The van der Waals surface area contributed by atoms with Crippen LogP contribution in [0.3, 0.4) is 0 Å². The van der Waals surface area contributed by atoms with Gasteiger partial charge in [-0.05, 0) is 18.1 Å². The lowest BCUT2D eigenvalue weighted by Gasteiger charge is -2.34. The number of esters is 2. The van der Waals surface area contributed by atoms with Gasteiger partial charge in [-0.15, -0.1) is 0 Å². The maximum absolute atomic E-state index is 13.6. The maximum atomic E-state index is 13.6. The molecule has 0 heterocycles. The van der Waals surface area contributed by atoms with Crippen molar-refractivity contribution in [2.75, 3.05) is 13.2 Å². The van der Waals surface area contributed by atoms with Crippen LogP contribution in [0.2, 0.25) is 0 Å². The fourth-order valence-electron chi connectivity index (χ4n) is 3.66. The van der Waals surface area contributed by atoms with Crippen LogP contribution in [0.4, 0.5) is 52.7 Å². The van der Waals surface area contributed by atoms with Crippen molar-refractivity contribution < 1.29 is 117 Å². The highest BCUT2D eigenvalue weighted by atomic mass is 32.2. The molecule has 0 aliphatic heterocycles. The number of ether oxygens (including phenoxy) is 4. The third kappa shape index (κ3) is 13.7. The van der Waals surface area contributed by atoms with Crippen LogP contribution in [0.1, 0.15) is 16.7 Å². The Morgan fingerprint density at radius 1 is 0.633 bits per heavy atom. The Morgan fingerprint density at radius 2 is 1.02 bits per heavy atom. The van der Waals surface area contributed by atoms with E-state index in [2.05, 4.69) is 32.1 Å². The zero-order valence-corrected chi connectivity index (χ0v) is 31.1. The van der Waals surface area contributed by atoms with Gasteiger partial charge < -0.3 is 33.4 Å². The minimum atomic E-state index is -6.54. The highest BCUT2D eigenvalue weighted by Crippen LogP contribution is 2.40. The number of amides is 1. The molecule has 0 saturated carbocycles. The van der Waals surface area contributed by atoms with Crippen LogP contribution in [0, 0.1) is 6.92 Å². The molecule has 2 rings (SSSR count). The molecule has 0 aliphatic rings. The molecule has 1 N–H and O–H groups in total. The van der Waals surface area contributed by atoms with Crippen molar-refractivity contribution in [3.05, 3.63) is 96.1 Å². The smallest absolute Gasteiger partial charge is 0.466 e. The molecule has 0 bridgehead atoms. The minimum Gasteiger partial charge on any atom is -0.743 e. The van der Waals surface area contributed by atoms with E-state index < -0.39 is 116 Å². The molecule has 2 atom stereocenters. The van der Waals surface area contributed by atoms with Crippen LogP contribution in [-0.4, -0.2) is 97.2 Å². The summed E-state index contributed by atoms with van der Waals surface area (Å²) in [6.07, 6.45) is -13.4. The molecule has 15 nitrogen and oxygen atoms in total. The van der Waals surface area contributed by atoms with E-state index in [0.717, 1.165) is 0 Å². The Bertz CT molecular complexity index is 2130. The summed E-state index contributed by atoms with van der Waals surface area (Å²) in [5, 5.41) is -9.31. The standard InChI is InChI=1S/C16H14F6O7S.C15H13F6NO7S/c1-9-3-5-11(6-4-9)7-12(23)15(16(20,21)22,29-13(24)10(2)17)28-8-14(18,19)30(25,26)27;1-9(16)11(23)29-14(15(19,20)21,28-8-13(17,18)30(25,26)27)12(24)22-7-10-5-3-2-4-6-10/h3-6H,2,7-8H2,1H3,(H,25,26,27);2-6H,1,7-8H2,(H,22,24)(H,25,26,27)/p-2. The van der Waals surface area contributed by atoms with Crippen LogP contribution >= 0.6 is 0 Å². The molecule has 2 unspecified atom stereocenters. The van der Waals surface area contributed by atoms with Crippen LogP contribution in [0.15, 0.2) is 79.4 Å². The van der Waals surface area contributed by atoms with Crippen molar-refractivity contribution in [3.63, 3.8) is 0 Å². The van der Waals surface area contributed by atoms with Gasteiger partial charge in [-0.3, -0.25) is 9.59 Å². The predicted octanol–water partition coefficient (Wildman–Crippen LogP) is 4.29. The van der Waals surface area contributed by atoms with Crippen molar-refractivity contribution >= 4 is 43.9 Å². The Morgan fingerprint density at radius 3 is 1.38 bits per heavy atom. The summed E-state index contributed by atoms with van der Waals surface area (Å²) in [6, 6.07) is 12.2. The Kier molecular flexibility index (Phi) is 17.2. The molecule has 0 spiro atoms. The molecule has 0 fully saturated rings. The van der Waals surface area contributed by atoms with E-state index in [9.17, 15) is 97.8 Å². The molecule has 0 aliphatic carbocycles. The van der Waals surface area contributed by atoms with E-state index in [1.807, 2.05) is 0 Å². The maximum Gasteiger partial charge on any atom is 0.466 e. The average Bonchev–Trinajstić information content (AvgIpc) is 3.10. The van der Waals surface area contributed by atoms with E-state index in [-0.39, 0.29) is 11.1 Å². The number of Topliss-reactive ketones (excluding diaryl/α,β-unsaturated/α-hetero) is 1. The van der Waals surface area contributed by atoms with Gasteiger partial charge in [0.2, 0.25) is 17.4 Å². The highest BCUT2D eigenvalue weighted by Gasteiger charge is 2.68. The van der Waals surface area contributed by atoms with Crippen LogP contribution < -0.4 is 5.32 Å². The number of carbonyl (C=O) groups is 4. The summed E-state index contributed by atoms with van der Waals surface area (Å²) in [6.45, 7) is -0.0296. The average molecular weight is 928 g/mol. The van der Waals surface area contributed by atoms with Crippen molar-refractivity contribution in [3.8, 4) is 0 Å². The molecule has 0 saturated heterocycles. The molecular formula is C31H25F12NO14S2-2. The van der Waals surface area contributed by atoms with Gasteiger partial charge in [0.05, 0.1) is 0 Å². The number of hydrogen-bond donors (Lipinski definition) is 1. The molecule has 2 aromatic carbocycles. The lowest BCUT2D eigenvalue weighted by molar-refractivity contribution is -0.353. The molecule has 0 radical (unpaired) electrons. The van der Waals surface area contributed by atoms with Gasteiger partial charge in [-0.1, -0.05) is 73.3 Å². The summed E-state index contributed by atoms with van der Waals surface area (Å²) < 4.78 is 238. The number of nitrogens with one attached hydrogen (secondary N) is 1. The normalized spacial score (nSPS) is 14.6. The molecular weight excluding hydrogens is 902 g/mol. The molecule has 29 heteroatoms. The fraction of sp³-hybridized carbons (Fsp3) is 0.355. The fourth-order valence-corrected chi connectivity index (χ4v) is 4.07. The van der Waals surface area contributed by atoms with Gasteiger partial charge >= 0.3 is 52.3 Å². The Hall–Kier alpha value is -5.10. The number of halogens is 12. The van der Waals surface area contributed by atoms with Gasteiger partial charge in [0, 0.05) is 13.0 Å². The van der Waals surface area contributed by atoms with E-state index in [0.29, 0.717) is 5.56 Å². The largest absolute Gasteiger partial charge is 0.743 e. The lowest BCUT2D eigenvalue weighted by atomic mass is 10.0. The molecule has 60 heavy (non-hydrogen) atoms. The molecule has 336 valence electrons. The number of rotatable bonds is 18. The summed E-state index contributed by atoms with van der Waals surface area (Å²) in [5.41, 5.74) is 0.738. The second kappa shape index (κ2) is 19.5. The number of aryl methyl sites for hydroxylation is 1. The summed E-state index contributed by atoms with van der Waals surface area (Å²) in [7, 11) is -13.1. The van der Waals surface area contributed by atoms with Gasteiger partial charge in [-0.25, -0.2) is 26.4 Å². The van der Waals surface area contributed by atoms with E-state index >= 15 is 0 Å². The number of ketones is 1. The summed E-state index contributed by atoms with van der Waals surface area (Å²) >= 11 is 0. The van der Waals surface area contributed by atoms with Crippen molar-refractivity contribution in [1.29, 1.82) is 0 Å². The third-order valence-corrected chi connectivity index (χ3v) is 8.43. The first-order valence-corrected chi connectivity index (χ1v) is 17.9. The number of hydrogen-bond acceptors (Lipinski definition) is 14. The van der Waals surface area contributed by atoms with Crippen LogP contribution in [0.25, 0.3) is 0 Å². The van der Waals surface area contributed by atoms with Gasteiger partial charge in [0.1, 0.15) is 13.2 Å². The number of alkyl halides is 10. The van der Waals surface area contributed by atoms with Crippen LogP contribution in [-0.2, 0) is 71.3 Å². The highest BCUT2D eigenvalue weighted by molar-refractivity contribution is 7.87. The van der Waals surface area contributed by atoms with E-state index in [1.165, 1.54) is 54.6 Å². The third-order valence-electron chi connectivity index (χ3n) is 6.73. The minimum absolute atomic E-state index is 0.110. The van der Waals surface area contributed by atoms with Crippen molar-refractivity contribution in [2.45, 2.75) is 54.3 Å². The first kappa shape index (κ1) is 52.9. The zero-order chi connectivity index (χ0) is 46.9. The Labute approximate surface area is 329 Å². The molecule has 2 aromatic rings. The molecule has 1 amide bonds. The first-order chi connectivity index (χ1) is 27.0. The number of benzene rings is 2. The second-order valence-corrected chi connectivity index (χ2v) is 14.3. The molecule has 0 aromatic heterocycles. The lowest BCUT2D eigenvalue weighted by Crippen LogP contribution is -2.62. The van der Waals surface area contributed by atoms with Gasteiger partial charge in [-0.2, -0.15) is 52.7 Å². The summed E-state index contributed by atoms with van der Waals surface area (Å²) in [5.74, 6) is -23.7. The van der Waals surface area contributed by atoms with Crippen molar-refractivity contribution in [1.82, 2.24) is 5.32 Å². The van der Waals surface area contributed by atoms with Crippen molar-refractivity contribution in [2.24, 2.45) is 0 Å². The van der Waals surface area contributed by atoms with Gasteiger partial charge in [0.25, 0.3) is 0 Å². The monoisotopic (exact) mass is 927 g/mol. The first-order valence-electron chi connectivity index (χ1n) is 15.1. The quantitative estimate of drug-likeness (QED) is 0.0723. The van der Waals surface area contributed by atoms with E-state index in [1.54, 1.807) is 12.2 Å². The second-order valence-electron chi connectivity index (χ2n) is 11.3. The van der Waals surface area contributed by atoms with E-state index in [4.69, 9.17) is 0 Å². The summed E-state index contributed by atoms with van der Waals surface area (Å²) in [4.78, 5) is 47.1. The van der Waals surface area contributed by atoms with Crippen LogP contribution in [0.5, 0.6) is 0 Å². The predicted molar refractivity (Wildman–Crippen MR) is 170 cm³/mol.